The molecule has 1 atom stereocenters. The molecule has 6 heteroatoms. The molecule has 0 saturated carbocycles. The smallest absolute Gasteiger partial charge is 0.358 e. The summed E-state index contributed by atoms with van der Waals surface area (Å²) in [5.41, 5.74) is 0.449. The van der Waals surface area contributed by atoms with Gasteiger partial charge in [0.1, 0.15) is 0 Å². The summed E-state index contributed by atoms with van der Waals surface area (Å²) < 4.78 is 5.03. The summed E-state index contributed by atoms with van der Waals surface area (Å²) in [6.07, 6.45) is 1.96. The molecule has 1 heterocycles. The van der Waals surface area contributed by atoms with Crippen LogP contribution in [0.2, 0.25) is 0 Å². The molecule has 0 aromatic carbocycles. The molecule has 19 heavy (non-hydrogen) atoms. The Kier molecular flexibility index (Phi) is 6.24. The summed E-state index contributed by atoms with van der Waals surface area (Å²) in [6, 6.07) is 0. The van der Waals surface area contributed by atoms with E-state index in [9.17, 15) is 4.79 Å². The number of esters is 1. The van der Waals surface area contributed by atoms with Crippen molar-refractivity contribution in [1.29, 1.82) is 0 Å². The van der Waals surface area contributed by atoms with E-state index in [2.05, 4.69) is 22.1 Å². The largest absolute Gasteiger partial charge is 0.461 e. The van der Waals surface area contributed by atoms with E-state index in [1.807, 2.05) is 21.0 Å². The first-order chi connectivity index (χ1) is 9.03. The highest BCUT2D eigenvalue weighted by Crippen LogP contribution is 2.25. The van der Waals surface area contributed by atoms with Crippen LogP contribution in [0.1, 0.15) is 42.6 Å². The van der Waals surface area contributed by atoms with Crippen LogP contribution in [-0.4, -0.2) is 42.7 Å². The van der Waals surface area contributed by atoms with Crippen molar-refractivity contribution in [1.82, 2.24) is 9.88 Å². The predicted octanol–water partition coefficient (Wildman–Crippen LogP) is 2.59. The quantitative estimate of drug-likeness (QED) is 0.616. The molecule has 5 nitrogen and oxygen atoms in total. The molecule has 108 valence electrons. The second-order valence-electron chi connectivity index (χ2n) is 4.40. The van der Waals surface area contributed by atoms with Crippen LogP contribution in [0.5, 0.6) is 0 Å². The Morgan fingerprint density at radius 2 is 2.11 bits per heavy atom. The van der Waals surface area contributed by atoms with E-state index in [-0.39, 0.29) is 12.1 Å². The summed E-state index contributed by atoms with van der Waals surface area (Å²) in [4.78, 5) is 19.2. The predicted molar refractivity (Wildman–Crippen MR) is 78.8 cm³/mol. The first-order valence-electron chi connectivity index (χ1n) is 6.63. The summed E-state index contributed by atoms with van der Waals surface area (Å²) in [5.74, 6) is -0.332. The Morgan fingerprint density at radius 3 is 2.58 bits per heavy atom. The number of hydrogen-bond acceptors (Lipinski definition) is 6. The van der Waals surface area contributed by atoms with Crippen molar-refractivity contribution in [2.24, 2.45) is 0 Å². The zero-order valence-electron chi connectivity index (χ0n) is 12.3. The van der Waals surface area contributed by atoms with E-state index in [1.54, 1.807) is 6.92 Å². The van der Waals surface area contributed by atoms with Crippen molar-refractivity contribution >= 4 is 22.4 Å². The number of carbonyl (C=O) groups excluding carboxylic acids is 1. The van der Waals surface area contributed by atoms with Gasteiger partial charge >= 0.3 is 5.97 Å². The highest BCUT2D eigenvalue weighted by atomic mass is 32.1. The summed E-state index contributed by atoms with van der Waals surface area (Å²) in [6.45, 7) is 6.30. The van der Waals surface area contributed by atoms with Crippen molar-refractivity contribution in [3.05, 3.63) is 10.6 Å². The van der Waals surface area contributed by atoms with Gasteiger partial charge in [0.25, 0.3) is 0 Å². The third-order valence-electron chi connectivity index (χ3n) is 2.79. The fourth-order valence-electron chi connectivity index (χ4n) is 1.75. The number of nitrogens with zero attached hydrogens (tertiary/aromatic N) is 2. The topological polar surface area (TPSA) is 54.5 Å². The van der Waals surface area contributed by atoms with Crippen LogP contribution in [-0.2, 0) is 11.2 Å². The molecule has 0 amide bonds. The number of thiazole rings is 1. The van der Waals surface area contributed by atoms with Gasteiger partial charge in [0.15, 0.2) is 10.8 Å². The molecule has 0 spiro atoms. The Labute approximate surface area is 119 Å². The zero-order chi connectivity index (χ0) is 14.4. The van der Waals surface area contributed by atoms with Crippen LogP contribution in [0.25, 0.3) is 0 Å². The molecule has 1 N–H and O–H groups in total. The fraction of sp³-hybridized carbons (Fsp3) is 0.692. The van der Waals surface area contributed by atoms with Crippen molar-refractivity contribution in [2.45, 2.75) is 39.8 Å². The molecule has 1 aromatic heterocycles. The molecular weight excluding hydrogens is 262 g/mol. The van der Waals surface area contributed by atoms with Gasteiger partial charge in [0, 0.05) is 4.88 Å². The molecule has 1 unspecified atom stereocenters. The number of hydrogen-bond donors (Lipinski definition) is 1. The number of rotatable bonds is 7. The maximum absolute atomic E-state index is 11.8. The van der Waals surface area contributed by atoms with E-state index in [4.69, 9.17) is 4.74 Å². The van der Waals surface area contributed by atoms with E-state index in [0.717, 1.165) is 22.9 Å². The van der Waals surface area contributed by atoms with Gasteiger partial charge in [-0.3, -0.25) is 4.90 Å². The first kappa shape index (κ1) is 15.9. The molecule has 0 radical (unpaired) electrons. The van der Waals surface area contributed by atoms with Gasteiger partial charge in [-0.2, -0.15) is 0 Å². The van der Waals surface area contributed by atoms with E-state index < -0.39 is 0 Å². The molecule has 0 fully saturated rings. The highest BCUT2D eigenvalue weighted by molar-refractivity contribution is 7.15. The number of nitrogens with one attached hydrogen (secondary N) is 1. The van der Waals surface area contributed by atoms with Crippen molar-refractivity contribution in [3.63, 3.8) is 0 Å². The number of aryl methyl sites for hydroxylation is 1. The van der Waals surface area contributed by atoms with Gasteiger partial charge in [-0.05, 0) is 33.9 Å². The average Bonchev–Trinajstić information content (AvgIpc) is 2.79. The molecule has 1 rings (SSSR count). The molecule has 0 saturated heterocycles. The summed E-state index contributed by atoms with van der Waals surface area (Å²) >= 11 is 1.53. The van der Waals surface area contributed by atoms with Crippen molar-refractivity contribution in [3.8, 4) is 0 Å². The van der Waals surface area contributed by atoms with Gasteiger partial charge in [-0.25, -0.2) is 9.78 Å². The van der Waals surface area contributed by atoms with E-state index in [0.29, 0.717) is 12.3 Å². The Hall–Kier alpha value is -1.14. The van der Waals surface area contributed by atoms with E-state index >= 15 is 0 Å². The SMILES string of the molecule is CCOC(=O)c1nc(NC(CC)N(C)C)sc1CC. The Balaban J connectivity index is 2.89. The first-order valence-corrected chi connectivity index (χ1v) is 7.44. The van der Waals surface area contributed by atoms with Gasteiger partial charge in [0.2, 0.25) is 0 Å². The fourth-order valence-corrected chi connectivity index (χ4v) is 2.69. The number of carbonyl (C=O) groups is 1. The van der Waals surface area contributed by atoms with Crippen LogP contribution in [0.3, 0.4) is 0 Å². The number of ether oxygens (including phenoxy) is 1. The lowest BCUT2D eigenvalue weighted by Gasteiger charge is -2.23. The molecule has 0 aliphatic heterocycles. The second kappa shape index (κ2) is 7.45. The summed E-state index contributed by atoms with van der Waals surface area (Å²) in [7, 11) is 4.03. The zero-order valence-corrected chi connectivity index (χ0v) is 13.1. The lowest BCUT2D eigenvalue weighted by Crippen LogP contribution is -2.34. The molecular formula is C13H23N3O2S. The van der Waals surface area contributed by atoms with Crippen LogP contribution >= 0.6 is 11.3 Å². The van der Waals surface area contributed by atoms with Gasteiger partial charge < -0.3 is 10.1 Å². The average molecular weight is 285 g/mol. The number of aromatic nitrogens is 1. The van der Waals surface area contributed by atoms with Gasteiger partial charge in [-0.1, -0.05) is 13.8 Å². The number of anilines is 1. The normalized spacial score (nSPS) is 12.5. The van der Waals surface area contributed by atoms with Crippen LogP contribution in [0, 0.1) is 0 Å². The van der Waals surface area contributed by atoms with Crippen LogP contribution in [0.4, 0.5) is 5.13 Å². The van der Waals surface area contributed by atoms with Gasteiger partial charge in [0.05, 0.1) is 12.8 Å². The maximum Gasteiger partial charge on any atom is 0.358 e. The third kappa shape index (κ3) is 4.18. The summed E-state index contributed by atoms with van der Waals surface area (Å²) in [5, 5.41) is 4.12. The minimum atomic E-state index is -0.332. The molecule has 0 aliphatic carbocycles. The standard InChI is InChI=1S/C13H23N3O2S/c1-6-9-11(12(17)18-8-3)15-13(19-9)14-10(7-2)16(4)5/h10H,6-8H2,1-5H3,(H,14,15). The maximum atomic E-state index is 11.8. The van der Waals surface area contributed by atoms with Gasteiger partial charge in [-0.15, -0.1) is 11.3 Å². The third-order valence-corrected chi connectivity index (χ3v) is 3.92. The minimum Gasteiger partial charge on any atom is -0.461 e. The molecule has 0 aliphatic rings. The second-order valence-corrected chi connectivity index (χ2v) is 5.48. The Morgan fingerprint density at radius 1 is 1.42 bits per heavy atom. The van der Waals surface area contributed by atoms with Crippen LogP contribution < -0.4 is 5.32 Å². The Bertz CT molecular complexity index is 418. The van der Waals surface area contributed by atoms with Crippen molar-refractivity contribution in [2.75, 3.05) is 26.0 Å². The molecule has 0 bridgehead atoms. The highest BCUT2D eigenvalue weighted by Gasteiger charge is 2.19. The lowest BCUT2D eigenvalue weighted by molar-refractivity contribution is 0.0519. The van der Waals surface area contributed by atoms with Crippen LogP contribution in [0.15, 0.2) is 0 Å². The van der Waals surface area contributed by atoms with Crippen molar-refractivity contribution < 1.29 is 9.53 Å². The molecule has 1 aromatic rings. The lowest BCUT2D eigenvalue weighted by atomic mass is 10.3. The monoisotopic (exact) mass is 285 g/mol. The minimum absolute atomic E-state index is 0.214. The van der Waals surface area contributed by atoms with E-state index in [1.165, 1.54) is 11.3 Å².